The summed E-state index contributed by atoms with van der Waals surface area (Å²) in [6.45, 7) is 1.21. The van der Waals surface area contributed by atoms with E-state index in [4.69, 9.17) is 32.7 Å². The number of nitrogens with one attached hydrogen (secondary N) is 1. The molecular weight excluding hydrogens is 335 g/mol. The third-order valence-corrected chi connectivity index (χ3v) is 4.49. The molecule has 0 aliphatic carbocycles. The lowest BCUT2D eigenvalue weighted by atomic mass is 9.89. The summed E-state index contributed by atoms with van der Waals surface area (Å²) < 4.78 is 11.8. The Hall–Kier alpha value is -1.49. The minimum absolute atomic E-state index is 0.513. The average molecular weight is 353 g/mol. The number of benzene rings is 1. The van der Waals surface area contributed by atoms with E-state index in [1.807, 2.05) is 31.3 Å². The number of ether oxygens (including phenoxy) is 2. The molecule has 0 radical (unpaired) electrons. The highest BCUT2D eigenvalue weighted by atomic mass is 35.5. The zero-order chi connectivity index (χ0) is 16.3. The summed E-state index contributed by atoms with van der Waals surface area (Å²) in [7, 11) is 1.88. The molecule has 3 rings (SSSR count). The first-order valence-electron chi connectivity index (χ1n) is 7.49. The van der Waals surface area contributed by atoms with Crippen molar-refractivity contribution >= 4 is 28.9 Å². The molecule has 0 saturated carbocycles. The largest absolute Gasteiger partial charge is 0.481 e. The Morgan fingerprint density at radius 1 is 1.17 bits per heavy atom. The van der Waals surface area contributed by atoms with Crippen molar-refractivity contribution in [3.05, 3.63) is 52.3 Å². The van der Waals surface area contributed by atoms with Crippen LogP contribution in [0.4, 0.5) is 5.69 Å². The number of pyridine rings is 1. The molecule has 0 bridgehead atoms. The van der Waals surface area contributed by atoms with Crippen LogP contribution in [-0.2, 0) is 10.3 Å². The van der Waals surface area contributed by atoms with Crippen molar-refractivity contribution in [2.75, 3.05) is 25.6 Å². The molecule has 1 aromatic carbocycles. The number of halogens is 2. The van der Waals surface area contributed by atoms with Gasteiger partial charge in [0.25, 0.3) is 0 Å². The highest BCUT2D eigenvalue weighted by Gasteiger charge is 2.40. The Morgan fingerprint density at radius 2 is 1.87 bits per heavy atom. The summed E-state index contributed by atoms with van der Waals surface area (Å²) in [6.07, 6.45) is 2.98. The van der Waals surface area contributed by atoms with Gasteiger partial charge in [-0.2, -0.15) is 0 Å². The van der Waals surface area contributed by atoms with Crippen molar-refractivity contribution < 1.29 is 9.47 Å². The third-order valence-electron chi connectivity index (χ3n) is 4.00. The van der Waals surface area contributed by atoms with Gasteiger partial charge in [0, 0.05) is 31.8 Å². The van der Waals surface area contributed by atoms with Gasteiger partial charge < -0.3 is 14.8 Å². The zero-order valence-corrected chi connectivity index (χ0v) is 14.3. The Kier molecular flexibility index (Phi) is 4.95. The van der Waals surface area contributed by atoms with E-state index in [0.717, 1.165) is 11.4 Å². The smallest absolute Gasteiger partial charge is 0.157 e. The van der Waals surface area contributed by atoms with Crippen LogP contribution in [0.1, 0.15) is 18.5 Å². The second-order valence-electron chi connectivity index (χ2n) is 5.47. The van der Waals surface area contributed by atoms with Crippen LogP contribution >= 0.6 is 23.2 Å². The van der Waals surface area contributed by atoms with Crippen LogP contribution in [0, 0.1) is 0 Å². The molecule has 0 spiro atoms. The standard InChI is InChI=1S/C17H18Cl2N2O2/c1-20-13-2-4-14(5-3-13)23-17(6-8-22-9-7-17)16-15(19)10-12(18)11-21-16/h2-5,10-11,20H,6-9H2,1H3. The molecule has 0 unspecified atom stereocenters. The summed E-state index contributed by atoms with van der Waals surface area (Å²) in [4.78, 5) is 4.45. The molecule has 1 aliphatic heterocycles. The maximum atomic E-state index is 6.39. The molecule has 2 heterocycles. The number of aromatic nitrogens is 1. The average Bonchev–Trinajstić information content (AvgIpc) is 2.56. The van der Waals surface area contributed by atoms with E-state index in [1.165, 1.54) is 0 Å². The summed E-state index contributed by atoms with van der Waals surface area (Å²) in [6, 6.07) is 9.52. The lowest BCUT2D eigenvalue weighted by Gasteiger charge is -2.37. The Morgan fingerprint density at radius 3 is 2.48 bits per heavy atom. The van der Waals surface area contributed by atoms with Crippen LogP contribution in [0.3, 0.4) is 0 Å². The first kappa shape index (κ1) is 16.4. The van der Waals surface area contributed by atoms with Crippen LogP contribution in [0.15, 0.2) is 36.5 Å². The van der Waals surface area contributed by atoms with Gasteiger partial charge in [0.05, 0.1) is 23.3 Å². The molecule has 0 atom stereocenters. The maximum Gasteiger partial charge on any atom is 0.157 e. The molecule has 122 valence electrons. The number of anilines is 1. The topological polar surface area (TPSA) is 43.4 Å². The molecule has 1 saturated heterocycles. The molecule has 0 amide bonds. The first-order valence-corrected chi connectivity index (χ1v) is 8.25. The van der Waals surface area contributed by atoms with E-state index >= 15 is 0 Å². The molecule has 6 heteroatoms. The second-order valence-corrected chi connectivity index (χ2v) is 6.31. The highest BCUT2D eigenvalue weighted by Crippen LogP contribution is 2.40. The lowest BCUT2D eigenvalue weighted by molar-refractivity contribution is -0.0525. The van der Waals surface area contributed by atoms with E-state index in [0.29, 0.717) is 41.8 Å². The molecular formula is C17H18Cl2N2O2. The van der Waals surface area contributed by atoms with E-state index in [-0.39, 0.29) is 0 Å². The Bertz CT molecular complexity index is 671. The van der Waals surface area contributed by atoms with E-state index in [9.17, 15) is 0 Å². The van der Waals surface area contributed by atoms with Crippen LogP contribution in [0.5, 0.6) is 5.75 Å². The van der Waals surface area contributed by atoms with Crippen LogP contribution in [-0.4, -0.2) is 25.2 Å². The molecule has 1 aromatic heterocycles. The fourth-order valence-electron chi connectivity index (χ4n) is 2.75. The normalized spacial score (nSPS) is 16.8. The molecule has 1 N–H and O–H groups in total. The number of hydrogen-bond donors (Lipinski definition) is 1. The van der Waals surface area contributed by atoms with Crippen molar-refractivity contribution in [2.45, 2.75) is 18.4 Å². The number of nitrogens with zero attached hydrogens (tertiary/aromatic N) is 1. The van der Waals surface area contributed by atoms with Crippen molar-refractivity contribution in [1.29, 1.82) is 0 Å². The van der Waals surface area contributed by atoms with Crippen LogP contribution in [0.25, 0.3) is 0 Å². The fourth-order valence-corrected chi connectivity index (χ4v) is 3.31. The van der Waals surface area contributed by atoms with Gasteiger partial charge in [0.15, 0.2) is 5.60 Å². The van der Waals surface area contributed by atoms with Gasteiger partial charge in [0.1, 0.15) is 11.4 Å². The van der Waals surface area contributed by atoms with Gasteiger partial charge in [-0.1, -0.05) is 23.2 Å². The van der Waals surface area contributed by atoms with E-state index in [1.54, 1.807) is 12.3 Å². The monoisotopic (exact) mass is 352 g/mol. The minimum Gasteiger partial charge on any atom is -0.481 e. The van der Waals surface area contributed by atoms with Crippen LogP contribution < -0.4 is 10.1 Å². The number of hydrogen-bond acceptors (Lipinski definition) is 4. The van der Waals surface area contributed by atoms with Crippen LogP contribution in [0.2, 0.25) is 10.0 Å². The molecule has 2 aromatic rings. The van der Waals surface area contributed by atoms with Gasteiger partial charge in [-0.05, 0) is 30.3 Å². The molecule has 23 heavy (non-hydrogen) atoms. The SMILES string of the molecule is CNc1ccc(OC2(c3ncc(Cl)cc3Cl)CCOCC2)cc1. The predicted octanol–water partition coefficient (Wildman–Crippen LogP) is 4.51. The van der Waals surface area contributed by atoms with Gasteiger partial charge in [-0.25, -0.2) is 0 Å². The van der Waals surface area contributed by atoms with E-state index < -0.39 is 5.60 Å². The van der Waals surface area contributed by atoms with Crippen molar-refractivity contribution in [3.8, 4) is 5.75 Å². The second kappa shape index (κ2) is 6.95. The summed E-state index contributed by atoms with van der Waals surface area (Å²) in [5.74, 6) is 0.777. The lowest BCUT2D eigenvalue weighted by Crippen LogP contribution is -2.40. The highest BCUT2D eigenvalue weighted by molar-refractivity contribution is 6.34. The van der Waals surface area contributed by atoms with Gasteiger partial charge in [-0.3, -0.25) is 4.98 Å². The fraction of sp³-hybridized carbons (Fsp3) is 0.353. The van der Waals surface area contributed by atoms with Gasteiger partial charge in [0.2, 0.25) is 0 Å². The van der Waals surface area contributed by atoms with E-state index in [2.05, 4.69) is 10.3 Å². The van der Waals surface area contributed by atoms with Crippen molar-refractivity contribution in [1.82, 2.24) is 4.98 Å². The molecule has 1 fully saturated rings. The van der Waals surface area contributed by atoms with Crippen molar-refractivity contribution in [3.63, 3.8) is 0 Å². The summed E-state index contributed by atoms with van der Waals surface area (Å²) in [5, 5.41) is 4.12. The maximum absolute atomic E-state index is 6.39. The van der Waals surface area contributed by atoms with Crippen molar-refractivity contribution in [2.24, 2.45) is 0 Å². The minimum atomic E-state index is -0.596. The molecule has 4 nitrogen and oxygen atoms in total. The summed E-state index contributed by atoms with van der Waals surface area (Å²) in [5.41, 5.74) is 1.15. The zero-order valence-electron chi connectivity index (χ0n) is 12.8. The quantitative estimate of drug-likeness (QED) is 0.878. The predicted molar refractivity (Wildman–Crippen MR) is 92.6 cm³/mol. The third kappa shape index (κ3) is 3.55. The van der Waals surface area contributed by atoms with Gasteiger partial charge >= 0.3 is 0 Å². The Labute approximate surface area is 145 Å². The molecule has 1 aliphatic rings. The summed E-state index contributed by atoms with van der Waals surface area (Å²) >= 11 is 12.4. The first-order chi connectivity index (χ1) is 11.1. The Balaban J connectivity index is 1.95. The number of rotatable bonds is 4. The van der Waals surface area contributed by atoms with Gasteiger partial charge in [-0.15, -0.1) is 0 Å².